The van der Waals surface area contributed by atoms with Gasteiger partial charge in [-0.25, -0.2) is 0 Å². The van der Waals surface area contributed by atoms with Gasteiger partial charge < -0.3 is 5.73 Å². The van der Waals surface area contributed by atoms with Crippen LogP contribution in [0.25, 0.3) is 0 Å². The van der Waals surface area contributed by atoms with Gasteiger partial charge in [0.2, 0.25) is 0 Å². The summed E-state index contributed by atoms with van der Waals surface area (Å²) in [7, 11) is 1.99. The molecule has 1 aliphatic heterocycles. The first-order valence-electron chi connectivity index (χ1n) is 7.27. The van der Waals surface area contributed by atoms with Crippen molar-refractivity contribution in [1.29, 1.82) is 0 Å². The molecule has 0 radical (unpaired) electrons. The van der Waals surface area contributed by atoms with Crippen LogP contribution in [-0.2, 0) is 7.05 Å². The predicted molar refractivity (Wildman–Crippen MR) is 78.9 cm³/mol. The molecule has 1 aliphatic rings. The van der Waals surface area contributed by atoms with Gasteiger partial charge in [-0.15, -0.1) is 0 Å². The predicted octanol–water partition coefficient (Wildman–Crippen LogP) is 2.10. The first-order chi connectivity index (χ1) is 8.84. The van der Waals surface area contributed by atoms with Crippen molar-refractivity contribution in [3.63, 3.8) is 0 Å². The highest BCUT2D eigenvalue weighted by Gasteiger charge is 2.35. The Morgan fingerprint density at radius 2 is 2.16 bits per heavy atom. The SMILES string of the molecule is Cc1c(C(CN)N2CCC(C(C)(C)C)C2)cnn1C. The van der Waals surface area contributed by atoms with E-state index in [1.165, 1.54) is 17.7 Å². The Morgan fingerprint density at radius 3 is 2.58 bits per heavy atom. The molecule has 0 aromatic carbocycles. The maximum absolute atomic E-state index is 6.04. The molecule has 1 fully saturated rings. The first-order valence-corrected chi connectivity index (χ1v) is 7.27. The van der Waals surface area contributed by atoms with Crippen LogP contribution in [0.4, 0.5) is 0 Å². The summed E-state index contributed by atoms with van der Waals surface area (Å²) < 4.78 is 1.94. The van der Waals surface area contributed by atoms with Gasteiger partial charge in [0.1, 0.15) is 0 Å². The van der Waals surface area contributed by atoms with Crippen LogP contribution in [0.5, 0.6) is 0 Å². The van der Waals surface area contributed by atoms with Crippen LogP contribution >= 0.6 is 0 Å². The maximum Gasteiger partial charge on any atom is 0.0540 e. The fourth-order valence-corrected chi connectivity index (χ4v) is 3.09. The van der Waals surface area contributed by atoms with Gasteiger partial charge in [0.05, 0.1) is 12.2 Å². The minimum absolute atomic E-state index is 0.320. The van der Waals surface area contributed by atoms with E-state index < -0.39 is 0 Å². The molecule has 2 rings (SSSR count). The molecule has 0 amide bonds. The van der Waals surface area contributed by atoms with Gasteiger partial charge in [-0.3, -0.25) is 9.58 Å². The van der Waals surface area contributed by atoms with Gasteiger partial charge in [-0.05, 0) is 31.2 Å². The molecule has 1 saturated heterocycles. The zero-order valence-electron chi connectivity index (χ0n) is 13.0. The molecule has 4 heteroatoms. The largest absolute Gasteiger partial charge is 0.329 e. The molecule has 108 valence electrons. The van der Waals surface area contributed by atoms with Gasteiger partial charge >= 0.3 is 0 Å². The first kappa shape index (κ1) is 14.5. The Kier molecular flexibility index (Phi) is 4.02. The summed E-state index contributed by atoms with van der Waals surface area (Å²) in [5.41, 5.74) is 8.95. The Bertz CT molecular complexity index is 430. The van der Waals surface area contributed by atoms with Crippen LogP contribution in [0.1, 0.15) is 44.5 Å². The number of nitrogens with zero attached hydrogens (tertiary/aromatic N) is 3. The van der Waals surface area contributed by atoms with Gasteiger partial charge in [0.15, 0.2) is 0 Å². The molecule has 0 spiro atoms. The lowest BCUT2D eigenvalue weighted by Gasteiger charge is -2.30. The third kappa shape index (κ3) is 2.84. The number of aryl methyl sites for hydroxylation is 1. The third-order valence-corrected chi connectivity index (χ3v) is 4.74. The quantitative estimate of drug-likeness (QED) is 0.909. The third-order valence-electron chi connectivity index (χ3n) is 4.74. The van der Waals surface area contributed by atoms with Crippen LogP contribution in [0.2, 0.25) is 0 Å². The minimum atomic E-state index is 0.320. The van der Waals surface area contributed by atoms with Crippen molar-refractivity contribution in [2.75, 3.05) is 19.6 Å². The fraction of sp³-hybridized carbons (Fsp3) is 0.800. The lowest BCUT2D eigenvalue weighted by molar-refractivity contribution is 0.197. The van der Waals surface area contributed by atoms with Crippen LogP contribution in [0.3, 0.4) is 0 Å². The topological polar surface area (TPSA) is 47.1 Å². The Labute approximate surface area is 117 Å². The lowest BCUT2D eigenvalue weighted by atomic mass is 9.80. The molecule has 0 aliphatic carbocycles. The second-order valence-corrected chi connectivity index (χ2v) is 6.91. The molecule has 2 atom stereocenters. The Balaban J connectivity index is 2.14. The molecule has 4 nitrogen and oxygen atoms in total. The van der Waals surface area contributed by atoms with E-state index in [2.05, 4.69) is 37.7 Å². The summed E-state index contributed by atoms with van der Waals surface area (Å²) in [6, 6.07) is 0.320. The fourth-order valence-electron chi connectivity index (χ4n) is 3.09. The van der Waals surface area contributed by atoms with Gasteiger partial charge in [0, 0.05) is 31.4 Å². The molecule has 2 unspecified atom stereocenters. The van der Waals surface area contributed by atoms with Crippen molar-refractivity contribution in [3.05, 3.63) is 17.5 Å². The van der Waals surface area contributed by atoms with Gasteiger partial charge in [-0.2, -0.15) is 5.10 Å². The standard InChI is InChI=1S/C15H28N4/c1-11-13(9-17-18(11)5)14(8-16)19-7-6-12(10-19)15(2,3)4/h9,12,14H,6-8,10,16H2,1-5H3. The second-order valence-electron chi connectivity index (χ2n) is 6.91. The zero-order valence-corrected chi connectivity index (χ0v) is 13.0. The van der Waals surface area contributed by atoms with Crippen LogP contribution in [0.15, 0.2) is 6.20 Å². The van der Waals surface area contributed by atoms with Gasteiger partial charge in [0.25, 0.3) is 0 Å². The van der Waals surface area contributed by atoms with E-state index in [-0.39, 0.29) is 0 Å². The molecule has 2 N–H and O–H groups in total. The molecular formula is C15H28N4. The van der Waals surface area contributed by atoms with Crippen molar-refractivity contribution in [2.45, 2.75) is 40.2 Å². The van der Waals surface area contributed by atoms with Crippen molar-refractivity contribution >= 4 is 0 Å². The smallest absolute Gasteiger partial charge is 0.0540 e. The average molecular weight is 264 g/mol. The number of nitrogens with two attached hydrogens (primary N) is 1. The number of hydrogen-bond acceptors (Lipinski definition) is 3. The van der Waals surface area contributed by atoms with E-state index >= 15 is 0 Å². The van der Waals surface area contributed by atoms with Crippen molar-refractivity contribution in [3.8, 4) is 0 Å². The summed E-state index contributed by atoms with van der Waals surface area (Å²) in [4.78, 5) is 2.54. The second kappa shape index (κ2) is 5.25. The maximum atomic E-state index is 6.04. The van der Waals surface area contributed by atoms with Crippen LogP contribution in [0, 0.1) is 18.3 Å². The zero-order chi connectivity index (χ0) is 14.2. The van der Waals surface area contributed by atoms with Crippen molar-refractivity contribution in [1.82, 2.24) is 14.7 Å². The molecule has 19 heavy (non-hydrogen) atoms. The summed E-state index contributed by atoms with van der Waals surface area (Å²) >= 11 is 0. The minimum Gasteiger partial charge on any atom is -0.329 e. The Hall–Kier alpha value is -0.870. The van der Waals surface area contributed by atoms with Crippen LogP contribution in [-0.4, -0.2) is 34.3 Å². The normalized spacial score (nSPS) is 22.9. The highest BCUT2D eigenvalue weighted by atomic mass is 15.3. The van der Waals surface area contributed by atoms with Crippen molar-refractivity contribution in [2.24, 2.45) is 24.1 Å². The summed E-state index contributed by atoms with van der Waals surface area (Å²) in [6.45, 7) is 12.1. The van der Waals surface area contributed by atoms with E-state index in [1.807, 2.05) is 17.9 Å². The molecular weight excluding hydrogens is 236 g/mol. The molecule has 2 heterocycles. The number of rotatable bonds is 3. The van der Waals surface area contributed by atoms with Gasteiger partial charge in [-0.1, -0.05) is 20.8 Å². The van der Waals surface area contributed by atoms with E-state index in [1.54, 1.807) is 0 Å². The summed E-state index contributed by atoms with van der Waals surface area (Å²) in [5.74, 6) is 0.763. The van der Waals surface area contributed by atoms with Crippen LogP contribution < -0.4 is 5.73 Å². The Morgan fingerprint density at radius 1 is 1.47 bits per heavy atom. The lowest BCUT2D eigenvalue weighted by Crippen LogP contribution is -2.33. The van der Waals surface area contributed by atoms with E-state index in [0.717, 1.165) is 19.0 Å². The molecule has 0 saturated carbocycles. The molecule has 1 aromatic rings. The van der Waals surface area contributed by atoms with E-state index in [0.29, 0.717) is 18.0 Å². The monoisotopic (exact) mass is 264 g/mol. The highest BCUT2D eigenvalue weighted by Crippen LogP contribution is 2.37. The molecule has 1 aromatic heterocycles. The number of likely N-dealkylation sites (tertiary alicyclic amines) is 1. The number of aromatic nitrogens is 2. The van der Waals surface area contributed by atoms with Crippen molar-refractivity contribution < 1.29 is 0 Å². The average Bonchev–Trinajstić information content (AvgIpc) is 2.92. The molecule has 0 bridgehead atoms. The van der Waals surface area contributed by atoms with E-state index in [9.17, 15) is 0 Å². The highest BCUT2D eigenvalue weighted by molar-refractivity contribution is 5.21. The number of hydrogen-bond donors (Lipinski definition) is 1. The summed E-state index contributed by atoms with van der Waals surface area (Å²) in [6.07, 6.45) is 3.26. The summed E-state index contributed by atoms with van der Waals surface area (Å²) in [5, 5.41) is 4.36. The van der Waals surface area contributed by atoms with E-state index in [4.69, 9.17) is 5.73 Å².